The molecule has 2 aliphatic rings. The second kappa shape index (κ2) is 13.4. The fraction of sp³-hybridized carbons (Fsp3) is 0.800. The van der Waals surface area contributed by atoms with Crippen molar-refractivity contribution < 1.29 is 19.1 Å². The normalized spacial score (nSPS) is 27.2. The summed E-state index contributed by atoms with van der Waals surface area (Å²) in [5.41, 5.74) is 0.0958. The van der Waals surface area contributed by atoms with Crippen LogP contribution >= 0.6 is 0 Å². The maximum absolute atomic E-state index is 11.3. The Morgan fingerprint density at radius 2 is 1.94 bits per heavy atom. The van der Waals surface area contributed by atoms with Gasteiger partial charge in [0.2, 0.25) is 0 Å². The van der Waals surface area contributed by atoms with Gasteiger partial charge >= 0.3 is 5.97 Å². The van der Waals surface area contributed by atoms with Crippen LogP contribution in [-0.4, -0.2) is 38.7 Å². The third-order valence-corrected chi connectivity index (χ3v) is 13.9. The molecule has 0 amide bonds. The van der Waals surface area contributed by atoms with E-state index in [1.807, 2.05) is 0 Å². The first-order valence-electron chi connectivity index (χ1n) is 14.0. The standard InChI is InChI=1S/C30H51NO4Si/c1-8-30(19-14-20-30)27(32)17-13-16-25-24(15-11-9-10-12-18-28(33)34-5)23(22-31)21-26(25)35-36(6,7)29(2,3)4/h9,11,13,16,23-27,32H,8,10,12,14-15,17-21H2,1-7H3/b11-9-,16-13+/t23-,24-,25+,26+,27?/m0/s1. The van der Waals surface area contributed by atoms with Gasteiger partial charge in [-0.3, -0.25) is 4.79 Å². The number of aliphatic hydroxyl groups is 1. The van der Waals surface area contributed by atoms with E-state index in [9.17, 15) is 15.2 Å². The van der Waals surface area contributed by atoms with E-state index in [2.05, 4.69) is 71.2 Å². The second-order valence-electron chi connectivity index (χ2n) is 12.6. The lowest BCUT2D eigenvalue weighted by Crippen LogP contribution is -2.45. The maximum Gasteiger partial charge on any atom is 0.305 e. The average Bonchev–Trinajstić information content (AvgIpc) is 3.10. The van der Waals surface area contributed by atoms with Gasteiger partial charge in [-0.25, -0.2) is 0 Å². The van der Waals surface area contributed by atoms with E-state index < -0.39 is 8.32 Å². The number of allylic oxidation sites excluding steroid dienone is 2. The lowest BCUT2D eigenvalue weighted by molar-refractivity contribution is -0.140. The quantitative estimate of drug-likeness (QED) is 0.120. The smallest absolute Gasteiger partial charge is 0.305 e. The highest BCUT2D eigenvalue weighted by atomic mass is 28.4. The molecule has 1 unspecified atom stereocenters. The molecule has 0 heterocycles. The summed E-state index contributed by atoms with van der Waals surface area (Å²) in [7, 11) is -0.575. The first-order valence-corrected chi connectivity index (χ1v) is 17.0. The summed E-state index contributed by atoms with van der Waals surface area (Å²) >= 11 is 0. The molecule has 0 aromatic carbocycles. The summed E-state index contributed by atoms with van der Waals surface area (Å²) in [6.07, 6.45) is 17.3. The Morgan fingerprint density at radius 1 is 1.25 bits per heavy atom. The molecule has 5 nitrogen and oxygen atoms in total. The van der Waals surface area contributed by atoms with Crippen LogP contribution in [0.5, 0.6) is 0 Å². The largest absolute Gasteiger partial charge is 0.469 e. The molecule has 2 saturated carbocycles. The molecule has 5 atom stereocenters. The third kappa shape index (κ3) is 7.79. The van der Waals surface area contributed by atoms with Gasteiger partial charge in [0.05, 0.1) is 31.3 Å². The number of unbranched alkanes of at least 4 members (excludes halogenated alkanes) is 1. The number of nitriles is 1. The van der Waals surface area contributed by atoms with Gasteiger partial charge in [0.25, 0.3) is 0 Å². The van der Waals surface area contributed by atoms with Crippen LogP contribution in [0.3, 0.4) is 0 Å². The molecular weight excluding hydrogens is 466 g/mol. The molecule has 0 radical (unpaired) electrons. The van der Waals surface area contributed by atoms with Crippen molar-refractivity contribution in [3.05, 3.63) is 24.3 Å². The molecule has 0 aromatic rings. The number of carbonyl (C=O) groups is 1. The van der Waals surface area contributed by atoms with Crippen molar-refractivity contribution in [2.24, 2.45) is 23.2 Å². The lowest BCUT2D eigenvalue weighted by Gasteiger charge is -2.45. The van der Waals surface area contributed by atoms with Crippen LogP contribution in [0.1, 0.15) is 91.9 Å². The SMILES string of the molecule is CCC1(C(O)C/C=C/[C@@H]2[C@@H](C/C=C\CCCC(=O)OC)[C@H](C#N)C[C@H]2O[Si](C)(C)C(C)(C)C)CCC1. The average molecular weight is 518 g/mol. The summed E-state index contributed by atoms with van der Waals surface area (Å²) in [4.78, 5) is 11.3. The Bertz CT molecular complexity index is 797. The molecule has 1 N–H and O–H groups in total. The van der Waals surface area contributed by atoms with Crippen molar-refractivity contribution >= 4 is 14.3 Å². The third-order valence-electron chi connectivity index (χ3n) is 9.38. The molecule has 0 aliphatic heterocycles. The highest BCUT2D eigenvalue weighted by Crippen LogP contribution is 2.49. The highest BCUT2D eigenvalue weighted by molar-refractivity contribution is 6.74. The Balaban J connectivity index is 2.14. The number of hydrogen-bond donors (Lipinski definition) is 1. The van der Waals surface area contributed by atoms with Gasteiger partial charge in [0.15, 0.2) is 8.32 Å². The van der Waals surface area contributed by atoms with Crippen LogP contribution in [-0.2, 0) is 14.0 Å². The predicted octanol–water partition coefficient (Wildman–Crippen LogP) is 7.33. The fourth-order valence-electron chi connectivity index (χ4n) is 5.55. The van der Waals surface area contributed by atoms with Crippen molar-refractivity contribution in [2.45, 2.75) is 122 Å². The van der Waals surface area contributed by atoms with Crippen LogP contribution in [0.15, 0.2) is 24.3 Å². The molecule has 2 rings (SSSR count). The van der Waals surface area contributed by atoms with E-state index >= 15 is 0 Å². The molecular formula is C30H51NO4Si. The van der Waals surface area contributed by atoms with Gasteiger partial charge in [-0.15, -0.1) is 0 Å². The molecule has 0 saturated heterocycles. The summed E-state index contributed by atoms with van der Waals surface area (Å²) in [5.74, 6) is 0.134. The summed E-state index contributed by atoms with van der Waals surface area (Å²) in [6.45, 7) is 13.5. The monoisotopic (exact) mass is 517 g/mol. The molecule has 2 aliphatic carbocycles. The van der Waals surface area contributed by atoms with Gasteiger partial charge < -0.3 is 14.3 Å². The Morgan fingerprint density at radius 3 is 2.47 bits per heavy atom. The zero-order valence-corrected chi connectivity index (χ0v) is 24.9. The molecule has 204 valence electrons. The van der Waals surface area contributed by atoms with Crippen molar-refractivity contribution in [2.75, 3.05) is 7.11 Å². The van der Waals surface area contributed by atoms with E-state index in [1.165, 1.54) is 13.5 Å². The van der Waals surface area contributed by atoms with Crippen molar-refractivity contribution in [3.8, 4) is 6.07 Å². The number of ether oxygens (including phenoxy) is 1. The van der Waals surface area contributed by atoms with E-state index in [1.54, 1.807) is 0 Å². The van der Waals surface area contributed by atoms with E-state index in [0.29, 0.717) is 12.8 Å². The first-order chi connectivity index (χ1) is 16.9. The highest BCUT2D eigenvalue weighted by Gasteiger charge is 2.47. The predicted molar refractivity (Wildman–Crippen MR) is 149 cm³/mol. The van der Waals surface area contributed by atoms with E-state index in [-0.39, 0.29) is 46.4 Å². The second-order valence-corrected chi connectivity index (χ2v) is 17.3. The maximum atomic E-state index is 11.3. The van der Waals surface area contributed by atoms with Crippen LogP contribution in [0.2, 0.25) is 18.1 Å². The Labute approximate surface area is 221 Å². The van der Waals surface area contributed by atoms with Crippen LogP contribution in [0.25, 0.3) is 0 Å². The molecule has 36 heavy (non-hydrogen) atoms. The number of esters is 1. The minimum atomic E-state index is -1.99. The zero-order valence-electron chi connectivity index (χ0n) is 23.9. The van der Waals surface area contributed by atoms with Gasteiger partial charge in [-0.05, 0) is 80.8 Å². The fourth-order valence-corrected chi connectivity index (χ4v) is 6.91. The van der Waals surface area contributed by atoms with Crippen molar-refractivity contribution in [1.29, 1.82) is 5.26 Å². The number of methoxy groups -OCH3 is 1. The van der Waals surface area contributed by atoms with Gasteiger partial charge in [0, 0.05) is 12.3 Å². The van der Waals surface area contributed by atoms with Crippen molar-refractivity contribution in [1.82, 2.24) is 0 Å². The first kappa shape index (κ1) is 30.8. The molecule has 0 spiro atoms. The van der Waals surface area contributed by atoms with Gasteiger partial charge in [0.1, 0.15) is 0 Å². The molecule has 6 heteroatoms. The number of carbonyl (C=O) groups excluding carboxylic acids is 1. The molecule has 0 bridgehead atoms. The lowest BCUT2D eigenvalue weighted by atomic mass is 9.63. The zero-order chi connectivity index (χ0) is 27.0. The minimum Gasteiger partial charge on any atom is -0.469 e. The molecule has 2 fully saturated rings. The number of rotatable bonds is 13. The molecule has 0 aromatic heterocycles. The summed E-state index contributed by atoms with van der Waals surface area (Å²) < 4.78 is 11.6. The number of aliphatic hydroxyl groups excluding tert-OH is 1. The van der Waals surface area contributed by atoms with Crippen LogP contribution in [0, 0.1) is 34.5 Å². The van der Waals surface area contributed by atoms with E-state index in [0.717, 1.165) is 44.9 Å². The number of nitrogens with zero attached hydrogens (tertiary/aromatic N) is 1. The van der Waals surface area contributed by atoms with E-state index in [4.69, 9.17) is 9.16 Å². The van der Waals surface area contributed by atoms with Gasteiger partial charge in [-0.1, -0.05) is 58.4 Å². The minimum absolute atomic E-state index is 0.0329. The topological polar surface area (TPSA) is 79.5 Å². The summed E-state index contributed by atoms with van der Waals surface area (Å²) in [6, 6.07) is 2.58. The summed E-state index contributed by atoms with van der Waals surface area (Å²) in [5, 5.41) is 21.0. The van der Waals surface area contributed by atoms with Crippen LogP contribution < -0.4 is 0 Å². The van der Waals surface area contributed by atoms with Gasteiger partial charge in [-0.2, -0.15) is 5.26 Å². The van der Waals surface area contributed by atoms with Crippen molar-refractivity contribution in [3.63, 3.8) is 0 Å². The Kier molecular flexibility index (Phi) is 11.5. The number of hydrogen-bond acceptors (Lipinski definition) is 5. The Hall–Kier alpha value is -1.42. The van der Waals surface area contributed by atoms with Crippen LogP contribution in [0.4, 0.5) is 0 Å².